The van der Waals surface area contributed by atoms with Gasteiger partial charge in [0.25, 0.3) is 0 Å². The van der Waals surface area contributed by atoms with Crippen LogP contribution in [0.15, 0.2) is 29.2 Å². The van der Waals surface area contributed by atoms with Gasteiger partial charge in [-0.05, 0) is 31.0 Å². The number of benzene rings is 1. The van der Waals surface area contributed by atoms with Crippen LogP contribution in [0.2, 0.25) is 0 Å². The molecule has 0 atom stereocenters. The SMILES string of the molecule is O=C(CNS(=O)(=O)c1cccc(F)c1)NC1CCCC1. The Bertz CT molecular complexity index is 583. The molecule has 2 rings (SSSR count). The summed E-state index contributed by atoms with van der Waals surface area (Å²) in [6, 6.07) is 4.80. The molecule has 1 aliphatic rings. The van der Waals surface area contributed by atoms with Crippen molar-refractivity contribution in [1.82, 2.24) is 10.0 Å². The van der Waals surface area contributed by atoms with Crippen molar-refractivity contribution in [3.8, 4) is 0 Å². The Labute approximate surface area is 117 Å². The van der Waals surface area contributed by atoms with E-state index in [0.717, 1.165) is 37.8 Å². The number of amides is 1. The van der Waals surface area contributed by atoms with Crippen molar-refractivity contribution in [1.29, 1.82) is 0 Å². The van der Waals surface area contributed by atoms with E-state index in [0.29, 0.717) is 0 Å². The lowest BCUT2D eigenvalue weighted by Crippen LogP contribution is -2.40. The lowest BCUT2D eigenvalue weighted by atomic mass is 10.2. The van der Waals surface area contributed by atoms with E-state index in [1.54, 1.807) is 0 Å². The van der Waals surface area contributed by atoms with Gasteiger partial charge in [-0.2, -0.15) is 0 Å². The van der Waals surface area contributed by atoms with Crippen LogP contribution in [0.3, 0.4) is 0 Å². The number of sulfonamides is 1. The first-order chi connectivity index (χ1) is 9.47. The zero-order valence-electron chi connectivity index (χ0n) is 10.9. The average molecular weight is 300 g/mol. The van der Waals surface area contributed by atoms with Gasteiger partial charge in [0.2, 0.25) is 15.9 Å². The van der Waals surface area contributed by atoms with Crippen LogP contribution in [0.25, 0.3) is 0 Å². The molecule has 1 aromatic rings. The van der Waals surface area contributed by atoms with Crippen LogP contribution in [0.4, 0.5) is 4.39 Å². The van der Waals surface area contributed by atoms with E-state index in [1.807, 2.05) is 0 Å². The van der Waals surface area contributed by atoms with Crippen LogP contribution >= 0.6 is 0 Å². The van der Waals surface area contributed by atoms with Gasteiger partial charge in [0.05, 0.1) is 11.4 Å². The van der Waals surface area contributed by atoms with Crippen molar-refractivity contribution in [3.63, 3.8) is 0 Å². The van der Waals surface area contributed by atoms with E-state index < -0.39 is 15.8 Å². The summed E-state index contributed by atoms with van der Waals surface area (Å²) in [7, 11) is -3.86. The number of nitrogens with one attached hydrogen (secondary N) is 2. The molecule has 0 heterocycles. The molecular weight excluding hydrogens is 283 g/mol. The number of hydrogen-bond acceptors (Lipinski definition) is 3. The Morgan fingerprint density at radius 3 is 2.65 bits per heavy atom. The van der Waals surface area contributed by atoms with Gasteiger partial charge in [0.1, 0.15) is 5.82 Å². The highest BCUT2D eigenvalue weighted by Crippen LogP contribution is 2.17. The van der Waals surface area contributed by atoms with E-state index in [4.69, 9.17) is 0 Å². The van der Waals surface area contributed by atoms with Gasteiger partial charge < -0.3 is 5.32 Å². The molecule has 7 heteroatoms. The maximum atomic E-state index is 13.0. The highest BCUT2D eigenvalue weighted by atomic mass is 32.2. The predicted octanol–water partition coefficient (Wildman–Crippen LogP) is 1.16. The Hall–Kier alpha value is -1.47. The average Bonchev–Trinajstić information content (AvgIpc) is 2.89. The Morgan fingerprint density at radius 2 is 2.00 bits per heavy atom. The monoisotopic (exact) mass is 300 g/mol. The van der Waals surface area contributed by atoms with Crippen molar-refractivity contribution < 1.29 is 17.6 Å². The number of hydrogen-bond donors (Lipinski definition) is 2. The first-order valence-corrected chi connectivity index (χ1v) is 8.00. The highest BCUT2D eigenvalue weighted by Gasteiger charge is 2.19. The normalized spacial score (nSPS) is 16.2. The number of carbonyl (C=O) groups is 1. The van der Waals surface area contributed by atoms with E-state index in [-0.39, 0.29) is 23.4 Å². The van der Waals surface area contributed by atoms with Crippen molar-refractivity contribution in [2.75, 3.05) is 6.54 Å². The standard InChI is InChI=1S/C13H17FN2O3S/c14-10-4-3-7-12(8-10)20(18,19)15-9-13(17)16-11-5-1-2-6-11/h3-4,7-8,11,15H,1-2,5-6,9H2,(H,16,17). The molecule has 110 valence electrons. The summed E-state index contributed by atoms with van der Waals surface area (Å²) in [6.07, 6.45) is 4.03. The van der Waals surface area contributed by atoms with Crippen molar-refractivity contribution in [2.24, 2.45) is 0 Å². The molecule has 1 aliphatic carbocycles. The molecule has 0 radical (unpaired) electrons. The third kappa shape index (κ3) is 4.01. The molecule has 0 saturated heterocycles. The minimum atomic E-state index is -3.86. The number of halogens is 1. The number of carbonyl (C=O) groups excluding carboxylic acids is 1. The zero-order valence-corrected chi connectivity index (χ0v) is 11.7. The summed E-state index contributed by atoms with van der Waals surface area (Å²) in [5, 5.41) is 2.77. The summed E-state index contributed by atoms with van der Waals surface area (Å²) < 4.78 is 38.9. The summed E-state index contributed by atoms with van der Waals surface area (Å²) >= 11 is 0. The Kier molecular flexibility index (Phi) is 4.72. The summed E-state index contributed by atoms with van der Waals surface area (Å²) in [5.41, 5.74) is 0. The van der Waals surface area contributed by atoms with Crippen LogP contribution in [0, 0.1) is 5.82 Å². The Morgan fingerprint density at radius 1 is 1.30 bits per heavy atom. The molecule has 0 bridgehead atoms. The van der Waals surface area contributed by atoms with Gasteiger partial charge in [-0.25, -0.2) is 17.5 Å². The smallest absolute Gasteiger partial charge is 0.241 e. The van der Waals surface area contributed by atoms with E-state index in [2.05, 4.69) is 10.0 Å². The second-order valence-corrected chi connectivity index (χ2v) is 6.60. The molecule has 1 saturated carbocycles. The van der Waals surface area contributed by atoms with E-state index in [9.17, 15) is 17.6 Å². The lowest BCUT2D eigenvalue weighted by Gasteiger charge is -2.12. The predicted molar refractivity (Wildman–Crippen MR) is 72.0 cm³/mol. The van der Waals surface area contributed by atoms with Crippen LogP contribution in [0.1, 0.15) is 25.7 Å². The van der Waals surface area contributed by atoms with E-state index >= 15 is 0 Å². The first-order valence-electron chi connectivity index (χ1n) is 6.52. The van der Waals surface area contributed by atoms with Crippen molar-refractivity contribution in [2.45, 2.75) is 36.6 Å². The lowest BCUT2D eigenvalue weighted by molar-refractivity contribution is -0.120. The third-order valence-electron chi connectivity index (χ3n) is 3.25. The third-order valence-corrected chi connectivity index (χ3v) is 4.65. The quantitative estimate of drug-likeness (QED) is 0.857. The van der Waals surface area contributed by atoms with Crippen LogP contribution < -0.4 is 10.0 Å². The molecule has 1 aromatic carbocycles. The minimum Gasteiger partial charge on any atom is -0.352 e. The summed E-state index contributed by atoms with van der Waals surface area (Å²) in [6.45, 7) is -0.338. The molecule has 1 fully saturated rings. The molecule has 5 nitrogen and oxygen atoms in total. The molecule has 0 spiro atoms. The fourth-order valence-corrected chi connectivity index (χ4v) is 3.24. The van der Waals surface area contributed by atoms with Crippen molar-refractivity contribution in [3.05, 3.63) is 30.1 Å². The maximum absolute atomic E-state index is 13.0. The zero-order chi connectivity index (χ0) is 14.6. The number of rotatable bonds is 5. The molecule has 20 heavy (non-hydrogen) atoms. The molecule has 0 aromatic heterocycles. The fourth-order valence-electron chi connectivity index (χ4n) is 2.23. The Balaban J connectivity index is 1.90. The molecule has 0 aliphatic heterocycles. The van der Waals surface area contributed by atoms with Gasteiger partial charge >= 0.3 is 0 Å². The van der Waals surface area contributed by atoms with Gasteiger partial charge in [-0.15, -0.1) is 0 Å². The highest BCUT2D eigenvalue weighted by molar-refractivity contribution is 7.89. The van der Waals surface area contributed by atoms with Crippen LogP contribution in [-0.4, -0.2) is 26.9 Å². The molecule has 2 N–H and O–H groups in total. The molecule has 0 unspecified atom stereocenters. The minimum absolute atomic E-state index is 0.140. The molecular formula is C13H17FN2O3S. The van der Waals surface area contributed by atoms with Gasteiger partial charge in [-0.1, -0.05) is 18.9 Å². The molecule has 1 amide bonds. The maximum Gasteiger partial charge on any atom is 0.241 e. The fraction of sp³-hybridized carbons (Fsp3) is 0.462. The van der Waals surface area contributed by atoms with Crippen LogP contribution in [-0.2, 0) is 14.8 Å². The topological polar surface area (TPSA) is 75.3 Å². The second kappa shape index (κ2) is 6.32. The van der Waals surface area contributed by atoms with Gasteiger partial charge in [-0.3, -0.25) is 4.79 Å². The first kappa shape index (κ1) is 14.9. The van der Waals surface area contributed by atoms with Gasteiger partial charge in [0.15, 0.2) is 0 Å². The van der Waals surface area contributed by atoms with Gasteiger partial charge in [0, 0.05) is 6.04 Å². The van der Waals surface area contributed by atoms with E-state index in [1.165, 1.54) is 12.1 Å². The second-order valence-electron chi connectivity index (χ2n) is 4.83. The summed E-state index contributed by atoms with van der Waals surface area (Å²) in [4.78, 5) is 11.4. The largest absolute Gasteiger partial charge is 0.352 e. The summed E-state index contributed by atoms with van der Waals surface area (Å²) in [5.74, 6) is -1.000. The van der Waals surface area contributed by atoms with Crippen molar-refractivity contribution >= 4 is 15.9 Å². The van der Waals surface area contributed by atoms with Crippen LogP contribution in [0.5, 0.6) is 0 Å².